The highest BCUT2D eigenvalue weighted by Gasteiger charge is 2.17. The Hall–Kier alpha value is -4.54. The van der Waals surface area contributed by atoms with Crippen LogP contribution in [0.4, 0.5) is 41.1 Å². The molecule has 0 saturated heterocycles. The Morgan fingerprint density at radius 3 is 2.24 bits per heavy atom. The molecule has 0 atom stereocenters. The third kappa shape index (κ3) is 6.73. The number of rotatable bonds is 8. The smallest absolute Gasteiger partial charge is 0.326 e. The molecule has 0 radical (unpaired) electrons. The van der Waals surface area contributed by atoms with Crippen LogP contribution in [0.15, 0.2) is 72.8 Å². The van der Waals surface area contributed by atoms with Crippen LogP contribution in [0.2, 0.25) is 0 Å². The highest BCUT2D eigenvalue weighted by Crippen LogP contribution is 2.19. The quantitative estimate of drug-likeness (QED) is 0.241. The van der Waals surface area contributed by atoms with Crippen LogP contribution in [-0.4, -0.2) is 30.1 Å². The average Bonchev–Trinajstić information content (AvgIpc) is 2.81. The molecule has 9 nitrogen and oxygen atoms in total. The number of hydrogen-bond donors (Lipinski definition) is 3. The molecule has 0 saturated carbocycles. The van der Waals surface area contributed by atoms with E-state index in [1.54, 1.807) is 6.07 Å². The molecule has 3 aromatic rings. The van der Waals surface area contributed by atoms with Gasteiger partial charge in [-0.1, -0.05) is 12.1 Å². The van der Waals surface area contributed by atoms with Gasteiger partial charge in [0.1, 0.15) is 11.6 Å². The molecule has 0 spiro atoms. The van der Waals surface area contributed by atoms with E-state index >= 15 is 0 Å². The Kier molecular flexibility index (Phi) is 8.06. The number of nitrogens with zero attached hydrogens (tertiary/aromatic N) is 2. The van der Waals surface area contributed by atoms with Gasteiger partial charge in [-0.2, -0.15) is 0 Å². The largest absolute Gasteiger partial charge is 0.338 e. The normalized spacial score (nSPS) is 10.3. The zero-order chi connectivity index (χ0) is 24.5. The van der Waals surface area contributed by atoms with Gasteiger partial charge in [-0.15, -0.1) is 0 Å². The van der Waals surface area contributed by atoms with Crippen molar-refractivity contribution in [1.82, 2.24) is 5.32 Å². The van der Waals surface area contributed by atoms with E-state index in [0.29, 0.717) is 17.8 Å². The van der Waals surface area contributed by atoms with E-state index in [9.17, 15) is 28.5 Å². The molecule has 0 fully saturated rings. The number of benzene rings is 3. The topological polar surface area (TPSA) is 117 Å². The minimum absolute atomic E-state index is 0.0374. The highest BCUT2D eigenvalue weighted by atomic mass is 19.1. The third-order valence-corrected chi connectivity index (χ3v) is 4.68. The molecular formula is C23H21F2N5O4. The number of para-hydroxylation sites is 1. The van der Waals surface area contributed by atoms with E-state index in [0.717, 1.165) is 0 Å². The number of amides is 4. The van der Waals surface area contributed by atoms with Crippen molar-refractivity contribution in [1.29, 1.82) is 0 Å². The number of carbonyl (C=O) groups excluding carboxylic acids is 2. The summed E-state index contributed by atoms with van der Waals surface area (Å²) in [7, 11) is 0. The van der Waals surface area contributed by atoms with Crippen molar-refractivity contribution in [3.63, 3.8) is 0 Å². The SMILES string of the molecule is O=C(NCCCN(C(=O)Nc1ccc([N+](=O)[O-])cc1)c1ccc(F)cc1)Nc1ccccc1F. The van der Waals surface area contributed by atoms with Gasteiger partial charge in [0.25, 0.3) is 5.69 Å². The van der Waals surface area contributed by atoms with Gasteiger partial charge in [-0.3, -0.25) is 15.0 Å². The first-order valence-electron chi connectivity index (χ1n) is 10.2. The lowest BCUT2D eigenvalue weighted by molar-refractivity contribution is -0.384. The molecule has 176 valence electrons. The molecule has 0 bridgehead atoms. The molecule has 0 aliphatic rings. The lowest BCUT2D eigenvalue weighted by Gasteiger charge is -2.23. The van der Waals surface area contributed by atoms with Crippen molar-refractivity contribution in [2.24, 2.45) is 0 Å². The van der Waals surface area contributed by atoms with E-state index < -0.39 is 28.6 Å². The molecular weight excluding hydrogens is 448 g/mol. The van der Waals surface area contributed by atoms with Crippen molar-refractivity contribution < 1.29 is 23.3 Å². The number of halogens is 2. The molecule has 3 N–H and O–H groups in total. The Bertz CT molecular complexity index is 1160. The second-order valence-electron chi connectivity index (χ2n) is 7.08. The van der Waals surface area contributed by atoms with E-state index in [1.807, 2.05) is 0 Å². The number of urea groups is 2. The minimum Gasteiger partial charge on any atom is -0.338 e. The van der Waals surface area contributed by atoms with E-state index in [2.05, 4.69) is 16.0 Å². The van der Waals surface area contributed by atoms with Crippen molar-refractivity contribution in [3.8, 4) is 0 Å². The van der Waals surface area contributed by atoms with Crippen molar-refractivity contribution in [2.45, 2.75) is 6.42 Å². The molecule has 0 heterocycles. The van der Waals surface area contributed by atoms with Crippen LogP contribution in [0.5, 0.6) is 0 Å². The number of anilines is 3. The molecule has 3 aromatic carbocycles. The summed E-state index contributed by atoms with van der Waals surface area (Å²) in [5, 5.41) is 18.4. The van der Waals surface area contributed by atoms with E-state index in [1.165, 1.54) is 71.6 Å². The number of carbonyl (C=O) groups is 2. The maximum Gasteiger partial charge on any atom is 0.326 e. The lowest BCUT2D eigenvalue weighted by atomic mass is 10.2. The average molecular weight is 469 g/mol. The highest BCUT2D eigenvalue weighted by molar-refractivity contribution is 6.01. The summed E-state index contributed by atoms with van der Waals surface area (Å²) in [6, 6.07) is 15.2. The lowest BCUT2D eigenvalue weighted by Crippen LogP contribution is -2.38. The second-order valence-corrected chi connectivity index (χ2v) is 7.08. The fraction of sp³-hybridized carbons (Fsp3) is 0.130. The van der Waals surface area contributed by atoms with Crippen molar-refractivity contribution in [2.75, 3.05) is 28.6 Å². The van der Waals surface area contributed by atoms with Crippen LogP contribution >= 0.6 is 0 Å². The first-order valence-corrected chi connectivity index (χ1v) is 10.2. The van der Waals surface area contributed by atoms with E-state index in [4.69, 9.17) is 0 Å². The van der Waals surface area contributed by atoms with Gasteiger partial charge in [0, 0.05) is 36.6 Å². The molecule has 0 unspecified atom stereocenters. The van der Waals surface area contributed by atoms with Crippen LogP contribution in [0.25, 0.3) is 0 Å². The van der Waals surface area contributed by atoms with Gasteiger partial charge in [-0.05, 0) is 55.0 Å². The van der Waals surface area contributed by atoms with Crippen molar-refractivity contribution in [3.05, 3.63) is 94.5 Å². The molecule has 11 heteroatoms. The van der Waals surface area contributed by atoms with Gasteiger partial charge in [0.05, 0.1) is 10.6 Å². The van der Waals surface area contributed by atoms with Crippen molar-refractivity contribution >= 4 is 34.8 Å². The Labute approximate surface area is 193 Å². The second kappa shape index (κ2) is 11.4. The van der Waals surface area contributed by atoms with Crippen LogP contribution in [0.3, 0.4) is 0 Å². The van der Waals surface area contributed by atoms with Crippen LogP contribution < -0.4 is 20.9 Å². The van der Waals surface area contributed by atoms with Crippen LogP contribution in [0.1, 0.15) is 6.42 Å². The Balaban J connectivity index is 1.60. The number of nitro benzene ring substituents is 1. The summed E-state index contributed by atoms with van der Waals surface area (Å²) < 4.78 is 27.0. The minimum atomic E-state index is -0.603. The predicted molar refractivity (Wildman–Crippen MR) is 124 cm³/mol. The number of non-ortho nitro benzene ring substituents is 1. The first-order chi connectivity index (χ1) is 16.3. The van der Waals surface area contributed by atoms with Gasteiger partial charge in [0.15, 0.2) is 0 Å². The van der Waals surface area contributed by atoms with Gasteiger partial charge < -0.3 is 16.0 Å². The first kappa shape index (κ1) is 24.1. The summed E-state index contributed by atoms with van der Waals surface area (Å²) in [6.45, 7) is 0.327. The molecule has 3 rings (SSSR count). The van der Waals surface area contributed by atoms with Crippen LogP contribution in [-0.2, 0) is 0 Å². The van der Waals surface area contributed by atoms with Gasteiger partial charge in [-0.25, -0.2) is 18.4 Å². The maximum absolute atomic E-state index is 13.6. The summed E-state index contributed by atoms with van der Waals surface area (Å²) in [4.78, 5) is 36.5. The molecule has 34 heavy (non-hydrogen) atoms. The monoisotopic (exact) mass is 469 g/mol. The fourth-order valence-corrected chi connectivity index (χ4v) is 2.99. The van der Waals surface area contributed by atoms with E-state index in [-0.39, 0.29) is 24.5 Å². The molecule has 0 aliphatic carbocycles. The number of hydrogen-bond acceptors (Lipinski definition) is 4. The maximum atomic E-state index is 13.6. The number of nitro groups is 1. The van der Waals surface area contributed by atoms with Gasteiger partial charge >= 0.3 is 12.1 Å². The molecule has 4 amide bonds. The summed E-state index contributed by atoms with van der Waals surface area (Å²) >= 11 is 0. The zero-order valence-corrected chi connectivity index (χ0v) is 17.8. The molecule has 0 aromatic heterocycles. The third-order valence-electron chi connectivity index (χ3n) is 4.68. The number of nitrogens with one attached hydrogen (secondary N) is 3. The predicted octanol–water partition coefficient (Wildman–Crippen LogP) is 5.12. The fourth-order valence-electron chi connectivity index (χ4n) is 2.99. The Morgan fingerprint density at radius 1 is 0.912 bits per heavy atom. The summed E-state index contributed by atoms with van der Waals surface area (Å²) in [6.07, 6.45) is 0.329. The Morgan fingerprint density at radius 2 is 1.59 bits per heavy atom. The molecule has 0 aliphatic heterocycles. The summed E-state index contributed by atoms with van der Waals surface area (Å²) in [5.41, 5.74) is 0.672. The van der Waals surface area contributed by atoms with Crippen LogP contribution in [0, 0.1) is 21.7 Å². The summed E-state index contributed by atoms with van der Waals surface area (Å²) in [5.74, 6) is -1.03. The van der Waals surface area contributed by atoms with Gasteiger partial charge in [0.2, 0.25) is 0 Å². The standard InChI is InChI=1S/C23H21F2N5O4/c24-16-6-10-18(11-7-16)29(23(32)27-17-8-12-19(13-9-17)30(33)34)15-3-14-26-22(31)28-21-5-2-1-4-20(21)25/h1-2,4-13H,3,14-15H2,(H,27,32)(H2,26,28,31). The zero-order valence-electron chi connectivity index (χ0n) is 17.8.